The van der Waals surface area contributed by atoms with E-state index >= 15 is 0 Å². The monoisotopic (exact) mass is 583 g/mol. The van der Waals surface area contributed by atoms with Gasteiger partial charge in [0.15, 0.2) is 0 Å². The summed E-state index contributed by atoms with van der Waals surface area (Å²) in [7, 11) is 0. The van der Waals surface area contributed by atoms with Crippen molar-refractivity contribution in [1.29, 1.82) is 0 Å². The van der Waals surface area contributed by atoms with Gasteiger partial charge >= 0.3 is 83.2 Å². The van der Waals surface area contributed by atoms with Crippen LogP contribution >= 0.6 is 0 Å². The summed E-state index contributed by atoms with van der Waals surface area (Å²) in [5.41, 5.74) is 0. The molecule has 0 saturated carbocycles. The second kappa shape index (κ2) is 26.8. The zero-order valence-corrected chi connectivity index (χ0v) is 23.5. The zero-order valence-electron chi connectivity index (χ0n) is 17.8. The third-order valence-corrected chi connectivity index (χ3v) is 6.27. The van der Waals surface area contributed by atoms with E-state index in [0.717, 1.165) is 43.7 Å². The molecule has 6 heteroatoms. The molecule has 0 aliphatic carbocycles. The third kappa shape index (κ3) is 32.7. The van der Waals surface area contributed by atoms with E-state index < -0.39 is 13.7 Å². The fraction of sp³-hybridized carbons (Fsp3) is 0.737. The molecule has 146 valence electrons. The van der Waals surface area contributed by atoms with Crippen molar-refractivity contribution in [2.24, 2.45) is 0 Å². The summed E-state index contributed by atoms with van der Waals surface area (Å²) >= 11 is -2.94. The van der Waals surface area contributed by atoms with Crippen LogP contribution in [-0.2, 0) is 25.8 Å². The van der Waals surface area contributed by atoms with E-state index in [1.165, 1.54) is 0 Å². The summed E-state index contributed by atoms with van der Waals surface area (Å²) in [5, 5.41) is 11.9. The van der Waals surface area contributed by atoms with Crippen molar-refractivity contribution in [2.75, 3.05) is 39.3 Å². The number of hydrogen-bond donors (Lipinski definition) is 0. The first-order valence-electron chi connectivity index (χ1n) is 9.16. The molecule has 0 aliphatic rings. The normalized spacial score (nSPS) is 9.32. The van der Waals surface area contributed by atoms with Gasteiger partial charge in [-0.3, -0.25) is 0 Å². The molecule has 0 N–H and O–H groups in total. The van der Waals surface area contributed by atoms with Crippen molar-refractivity contribution in [3.8, 4) is 0 Å². The van der Waals surface area contributed by atoms with Crippen LogP contribution in [0.3, 0.4) is 0 Å². The van der Waals surface area contributed by atoms with E-state index in [1.54, 1.807) is 11.5 Å². The Balaban J connectivity index is -0.000000122. The van der Waals surface area contributed by atoms with Crippen molar-refractivity contribution < 1.29 is 29.3 Å². The van der Waals surface area contributed by atoms with Crippen LogP contribution in [-0.4, -0.2) is 53.0 Å². The van der Waals surface area contributed by atoms with Crippen molar-refractivity contribution >= 4 is 18.1 Å². The quantitative estimate of drug-likeness (QED) is 0.281. The zero-order chi connectivity index (χ0) is 19.3. The van der Waals surface area contributed by atoms with Gasteiger partial charge in [-0.1, -0.05) is 41.5 Å². The first-order chi connectivity index (χ1) is 11.3. The Kier molecular flexibility index (Phi) is 35.6. The van der Waals surface area contributed by atoms with Crippen molar-refractivity contribution in [3.63, 3.8) is 0 Å². The Morgan fingerprint density at radius 1 is 0.680 bits per heavy atom. The van der Waals surface area contributed by atoms with Crippen LogP contribution in [0.1, 0.15) is 41.5 Å². The average Bonchev–Trinajstić information content (AvgIpc) is 3.06. The smallest absolute Gasteiger partial charge is 4.00 e. The summed E-state index contributed by atoms with van der Waals surface area (Å²) in [4.78, 5) is 0. The predicted octanol–water partition coefficient (Wildman–Crippen LogP) is 5.98. The Bertz CT molecular complexity index is 284. The van der Waals surface area contributed by atoms with Crippen LogP contribution in [0.5, 0.6) is 0 Å². The molecule has 3 nitrogen and oxygen atoms in total. The Morgan fingerprint density at radius 2 is 0.920 bits per heavy atom. The van der Waals surface area contributed by atoms with Gasteiger partial charge in [-0.2, -0.15) is 39.3 Å². The number of hydrogen-bond acceptors (Lipinski definition) is 0. The summed E-state index contributed by atoms with van der Waals surface area (Å²) in [5.74, 6) is 3.49. The van der Waals surface area contributed by atoms with Gasteiger partial charge in [-0.25, -0.2) is 0 Å². The van der Waals surface area contributed by atoms with Gasteiger partial charge in [0, 0.05) is 0 Å². The largest absolute Gasteiger partial charge is 4.00 e. The van der Waals surface area contributed by atoms with Crippen LogP contribution in [0.4, 0.5) is 3.50 Å². The van der Waals surface area contributed by atoms with Gasteiger partial charge in [0.1, 0.15) is 0 Å². The molecule has 0 amide bonds. The van der Waals surface area contributed by atoms with E-state index in [0.29, 0.717) is 0 Å². The first kappa shape index (κ1) is 33.2. The molecule has 0 saturated heterocycles. The molecule has 25 heavy (non-hydrogen) atoms. The Morgan fingerprint density at radius 3 is 1.00 bits per heavy atom. The molecule has 1 rings (SSSR count). The average molecular weight is 581 g/mol. The maximum atomic E-state index is 13.1. The molecule has 0 aromatic heterocycles. The van der Waals surface area contributed by atoms with Crippen LogP contribution in [0.25, 0.3) is 16.0 Å². The molecule has 0 heterocycles. The molecule has 0 radical (unpaired) electrons. The van der Waals surface area contributed by atoms with Gasteiger partial charge in [-0.15, -0.1) is 0 Å². The van der Waals surface area contributed by atoms with Crippen molar-refractivity contribution in [3.05, 3.63) is 40.2 Å². The van der Waals surface area contributed by atoms with Crippen molar-refractivity contribution in [2.45, 2.75) is 53.1 Å². The van der Waals surface area contributed by atoms with E-state index in [9.17, 15) is 3.50 Å². The van der Waals surface area contributed by atoms with E-state index in [-0.39, 0.29) is 25.8 Å². The van der Waals surface area contributed by atoms with E-state index in [1.807, 2.05) is 65.8 Å². The molecular weight excluding hydrogens is 540 g/mol. The maximum absolute atomic E-state index is 13.1. The molecule has 1 aromatic carbocycles. The van der Waals surface area contributed by atoms with Crippen LogP contribution < -0.4 is 4.40 Å². The minimum atomic E-state index is -2.94. The van der Waals surface area contributed by atoms with Gasteiger partial charge < -0.3 is 16.0 Å². The summed E-state index contributed by atoms with van der Waals surface area (Å²) in [6.45, 7) is 18.1. The van der Waals surface area contributed by atoms with Gasteiger partial charge in [0.25, 0.3) is 0 Å². The van der Waals surface area contributed by atoms with E-state index in [4.69, 9.17) is 0 Å². The molecule has 0 bridgehead atoms. The number of nitrogens with zero attached hydrogens (tertiary/aromatic N) is 3. The summed E-state index contributed by atoms with van der Waals surface area (Å²) < 4.78 is 14.1. The minimum Gasteiger partial charge on any atom is 4.00 e. The second-order valence-electron chi connectivity index (χ2n) is 5.21. The topological polar surface area (TPSA) is 42.3 Å². The first-order valence-corrected chi connectivity index (χ1v) is 15.2. The van der Waals surface area contributed by atoms with Crippen LogP contribution in [0, 0.1) is 0 Å². The van der Waals surface area contributed by atoms with Crippen LogP contribution in [0.15, 0.2) is 24.3 Å². The van der Waals surface area contributed by atoms with Gasteiger partial charge in [0.05, 0.1) is 0 Å². The molecule has 0 spiro atoms. The molecule has 0 fully saturated rings. The molecule has 0 unspecified atom stereocenters. The standard InChI is InChI=1S/C7H10FGe.3C4H10N.Hf/c1-9(2,8)7-5-3-4-6-7;3*1-3-5-4-2;/h3-6H,1-2H3;3*3-4H2,1-2H3;/q4*-1;+4. The third-order valence-electron chi connectivity index (χ3n) is 2.69. The fourth-order valence-electron chi connectivity index (χ4n) is 1.44. The number of rotatable bonds is 7. The summed E-state index contributed by atoms with van der Waals surface area (Å²) in [6.07, 6.45) is 0. The molecular formula is C19H40FGeHfN3. The van der Waals surface area contributed by atoms with Gasteiger partial charge in [-0.05, 0) is 0 Å². The van der Waals surface area contributed by atoms with Crippen LogP contribution in [0.2, 0.25) is 11.5 Å². The molecule has 0 atom stereocenters. The van der Waals surface area contributed by atoms with E-state index in [2.05, 4.69) is 16.0 Å². The van der Waals surface area contributed by atoms with Crippen molar-refractivity contribution in [1.82, 2.24) is 0 Å². The molecule has 1 aromatic rings. The minimum absolute atomic E-state index is 0. The second-order valence-corrected chi connectivity index (χ2v) is 12.6. The Labute approximate surface area is 179 Å². The SMILES string of the molecule is CC[N-]CC.CC[N-]CC.CC[N-]CC.[CH3][Ge]([CH3])([F])[c-]1cccc1.[Hf+4]. The molecule has 0 aliphatic heterocycles. The van der Waals surface area contributed by atoms with Gasteiger partial charge in [0.2, 0.25) is 0 Å². The predicted molar refractivity (Wildman–Crippen MR) is 114 cm³/mol. The maximum Gasteiger partial charge on any atom is 4.00 e. The number of halogens is 1. The summed E-state index contributed by atoms with van der Waals surface area (Å²) in [6, 6.07) is 7.53. The Hall–Kier alpha value is 0.573. The fourth-order valence-corrected chi connectivity index (χ4v) is 3.51.